The third-order valence-corrected chi connectivity index (χ3v) is 3.63. The molecule has 0 aliphatic heterocycles. The molecule has 1 aromatic carbocycles. The zero-order valence-corrected chi connectivity index (χ0v) is 13.2. The van der Waals surface area contributed by atoms with Gasteiger partial charge in [0.2, 0.25) is 0 Å². The second-order valence-electron chi connectivity index (χ2n) is 4.75. The summed E-state index contributed by atoms with van der Waals surface area (Å²) in [5.74, 6) is -0.326. The van der Waals surface area contributed by atoms with Gasteiger partial charge in [0.15, 0.2) is 5.11 Å². The van der Waals surface area contributed by atoms with Crippen molar-refractivity contribution in [1.82, 2.24) is 15.1 Å². The number of anilines is 1. The number of nitrogens with one attached hydrogen (secondary N) is 2. The summed E-state index contributed by atoms with van der Waals surface area (Å²) < 4.78 is 15.5. The summed E-state index contributed by atoms with van der Waals surface area (Å²) in [5, 5.41) is 10.8. The topological polar surface area (TPSA) is 41.9 Å². The Morgan fingerprint density at radius 1 is 1.33 bits per heavy atom. The lowest BCUT2D eigenvalue weighted by molar-refractivity contribution is 0.632. The summed E-state index contributed by atoms with van der Waals surface area (Å²) >= 11 is 5.20. The molecule has 1 aromatic heterocycles. The Morgan fingerprint density at radius 2 is 2.05 bits per heavy atom. The van der Waals surface area contributed by atoms with Crippen molar-refractivity contribution in [1.29, 1.82) is 0 Å². The third kappa shape index (κ3) is 3.58. The van der Waals surface area contributed by atoms with E-state index in [0.29, 0.717) is 17.3 Å². The van der Waals surface area contributed by atoms with Crippen molar-refractivity contribution in [3.05, 3.63) is 47.0 Å². The first kappa shape index (κ1) is 15.4. The molecule has 0 fully saturated rings. The Labute approximate surface area is 129 Å². The second kappa shape index (κ2) is 6.67. The Balaban J connectivity index is 1.99. The summed E-state index contributed by atoms with van der Waals surface area (Å²) in [5.41, 5.74) is 3.59. The molecule has 0 spiro atoms. The van der Waals surface area contributed by atoms with Crippen molar-refractivity contribution in [2.24, 2.45) is 0 Å². The van der Waals surface area contributed by atoms with Crippen LogP contribution in [0.15, 0.2) is 24.3 Å². The smallest absolute Gasteiger partial charge is 0.171 e. The van der Waals surface area contributed by atoms with Crippen LogP contribution >= 0.6 is 12.2 Å². The zero-order valence-electron chi connectivity index (χ0n) is 12.4. The van der Waals surface area contributed by atoms with Crippen molar-refractivity contribution < 1.29 is 4.39 Å². The molecule has 0 amide bonds. The van der Waals surface area contributed by atoms with Crippen LogP contribution in [0.4, 0.5) is 10.1 Å². The maximum Gasteiger partial charge on any atom is 0.171 e. The predicted octanol–water partition coefficient (Wildman–Crippen LogP) is 3.15. The Bertz CT molecular complexity index is 651. The lowest BCUT2D eigenvalue weighted by Gasteiger charge is -2.11. The van der Waals surface area contributed by atoms with Crippen LogP contribution in [-0.2, 0) is 13.1 Å². The molecule has 2 aromatic rings. The molecule has 112 valence electrons. The highest BCUT2D eigenvalue weighted by Gasteiger charge is 2.11. The van der Waals surface area contributed by atoms with Crippen molar-refractivity contribution >= 4 is 23.0 Å². The second-order valence-corrected chi connectivity index (χ2v) is 5.16. The van der Waals surface area contributed by atoms with Gasteiger partial charge in [-0.25, -0.2) is 4.39 Å². The Kier molecular flexibility index (Phi) is 4.90. The van der Waals surface area contributed by atoms with Crippen molar-refractivity contribution in [2.45, 2.75) is 33.9 Å². The van der Waals surface area contributed by atoms with Gasteiger partial charge in [-0.3, -0.25) is 4.68 Å². The Morgan fingerprint density at radius 3 is 2.67 bits per heavy atom. The van der Waals surface area contributed by atoms with Gasteiger partial charge in [0, 0.05) is 24.3 Å². The molecule has 6 heteroatoms. The van der Waals surface area contributed by atoms with Crippen LogP contribution in [0.1, 0.15) is 23.9 Å². The average Bonchev–Trinajstić information content (AvgIpc) is 2.74. The maximum atomic E-state index is 13.5. The molecule has 2 rings (SSSR count). The molecule has 0 saturated heterocycles. The van der Waals surface area contributed by atoms with Crippen LogP contribution in [0.3, 0.4) is 0 Å². The molecular weight excluding hydrogens is 287 g/mol. The number of halogens is 1. The van der Waals surface area contributed by atoms with Crippen molar-refractivity contribution in [3.63, 3.8) is 0 Å². The van der Waals surface area contributed by atoms with Gasteiger partial charge in [-0.2, -0.15) is 5.10 Å². The van der Waals surface area contributed by atoms with E-state index in [9.17, 15) is 4.39 Å². The monoisotopic (exact) mass is 306 g/mol. The average molecular weight is 306 g/mol. The van der Waals surface area contributed by atoms with E-state index in [4.69, 9.17) is 12.2 Å². The fraction of sp³-hybridized carbons (Fsp3) is 0.333. The van der Waals surface area contributed by atoms with E-state index < -0.39 is 0 Å². The first-order valence-electron chi connectivity index (χ1n) is 6.85. The molecule has 0 aliphatic rings. The van der Waals surface area contributed by atoms with E-state index in [1.54, 1.807) is 18.2 Å². The lowest BCUT2D eigenvalue weighted by atomic mass is 10.2. The van der Waals surface area contributed by atoms with Crippen molar-refractivity contribution in [3.8, 4) is 0 Å². The molecular formula is C15H19FN4S. The fourth-order valence-electron chi connectivity index (χ4n) is 2.20. The standard InChI is InChI=1S/C15H19FN4S/c1-4-20-11(3)12(10(2)19-20)9-17-15(21)18-14-8-6-5-7-13(14)16/h5-8H,4,9H2,1-3H3,(H2,17,18,21). The summed E-state index contributed by atoms with van der Waals surface area (Å²) in [6.07, 6.45) is 0. The van der Waals surface area contributed by atoms with E-state index in [1.807, 2.05) is 18.5 Å². The minimum Gasteiger partial charge on any atom is -0.358 e. The van der Waals surface area contributed by atoms with E-state index in [1.165, 1.54) is 6.07 Å². The highest BCUT2D eigenvalue weighted by atomic mass is 32.1. The molecule has 0 radical (unpaired) electrons. The van der Waals surface area contributed by atoms with Crippen LogP contribution in [0.5, 0.6) is 0 Å². The zero-order chi connectivity index (χ0) is 15.4. The van der Waals surface area contributed by atoms with Crippen LogP contribution < -0.4 is 10.6 Å². The molecule has 0 aliphatic carbocycles. The van der Waals surface area contributed by atoms with Gasteiger partial charge in [-0.1, -0.05) is 12.1 Å². The molecule has 0 saturated carbocycles. The number of thiocarbonyl (C=S) groups is 1. The largest absolute Gasteiger partial charge is 0.358 e. The molecule has 4 nitrogen and oxygen atoms in total. The SMILES string of the molecule is CCn1nc(C)c(CNC(=S)Nc2ccccc2F)c1C. The number of hydrogen-bond acceptors (Lipinski definition) is 2. The van der Waals surface area contributed by atoms with E-state index in [-0.39, 0.29) is 5.82 Å². The first-order valence-corrected chi connectivity index (χ1v) is 7.26. The molecule has 21 heavy (non-hydrogen) atoms. The summed E-state index contributed by atoms with van der Waals surface area (Å²) in [7, 11) is 0. The van der Waals surface area contributed by atoms with Crippen LogP contribution in [0, 0.1) is 19.7 Å². The van der Waals surface area contributed by atoms with Gasteiger partial charge in [-0.15, -0.1) is 0 Å². The van der Waals surface area contributed by atoms with E-state index >= 15 is 0 Å². The van der Waals surface area contributed by atoms with Gasteiger partial charge in [-0.05, 0) is 45.1 Å². The highest BCUT2D eigenvalue weighted by Crippen LogP contribution is 2.14. The number of aromatic nitrogens is 2. The lowest BCUT2D eigenvalue weighted by Crippen LogP contribution is -2.28. The van der Waals surface area contributed by atoms with E-state index in [2.05, 4.69) is 22.7 Å². The minimum absolute atomic E-state index is 0.326. The van der Waals surface area contributed by atoms with Crippen LogP contribution in [-0.4, -0.2) is 14.9 Å². The molecule has 0 unspecified atom stereocenters. The molecule has 1 heterocycles. The van der Waals surface area contributed by atoms with E-state index in [0.717, 1.165) is 23.5 Å². The number of rotatable bonds is 4. The Hall–Kier alpha value is -1.95. The van der Waals surface area contributed by atoms with Crippen molar-refractivity contribution in [2.75, 3.05) is 5.32 Å². The summed E-state index contributed by atoms with van der Waals surface area (Å²) in [4.78, 5) is 0. The summed E-state index contributed by atoms with van der Waals surface area (Å²) in [6.45, 7) is 7.47. The fourth-order valence-corrected chi connectivity index (χ4v) is 2.38. The summed E-state index contributed by atoms with van der Waals surface area (Å²) in [6, 6.07) is 6.44. The number of benzene rings is 1. The normalized spacial score (nSPS) is 10.5. The molecule has 0 bridgehead atoms. The predicted molar refractivity (Wildman–Crippen MR) is 86.8 cm³/mol. The van der Waals surface area contributed by atoms with Gasteiger partial charge < -0.3 is 10.6 Å². The van der Waals surface area contributed by atoms with Gasteiger partial charge in [0.25, 0.3) is 0 Å². The van der Waals surface area contributed by atoms with Crippen LogP contribution in [0.2, 0.25) is 0 Å². The van der Waals surface area contributed by atoms with Gasteiger partial charge >= 0.3 is 0 Å². The quantitative estimate of drug-likeness (QED) is 0.852. The highest BCUT2D eigenvalue weighted by molar-refractivity contribution is 7.80. The number of para-hydroxylation sites is 1. The van der Waals surface area contributed by atoms with Gasteiger partial charge in [0.05, 0.1) is 11.4 Å². The maximum absolute atomic E-state index is 13.5. The molecule has 2 N–H and O–H groups in total. The molecule has 0 atom stereocenters. The van der Waals surface area contributed by atoms with Gasteiger partial charge in [0.1, 0.15) is 5.82 Å². The number of hydrogen-bond donors (Lipinski definition) is 2. The third-order valence-electron chi connectivity index (χ3n) is 3.38. The number of aryl methyl sites for hydroxylation is 2. The minimum atomic E-state index is -0.326. The first-order chi connectivity index (χ1) is 10.0. The van der Waals surface area contributed by atoms with Crippen LogP contribution in [0.25, 0.3) is 0 Å². The number of nitrogens with zero attached hydrogens (tertiary/aromatic N) is 2.